The first-order chi connectivity index (χ1) is 14.2. The first kappa shape index (κ1) is 18.3. The molecule has 0 aromatic heterocycles. The second-order valence-electron chi connectivity index (χ2n) is 11.0. The molecular weight excluding hydrogens is 358 g/mol. The molecular formula is C26H36NO2+. The summed E-state index contributed by atoms with van der Waals surface area (Å²) in [5.74, 6) is 5.84. The van der Waals surface area contributed by atoms with Gasteiger partial charge in [-0.1, -0.05) is 19.3 Å². The zero-order chi connectivity index (χ0) is 19.4. The lowest BCUT2D eigenvalue weighted by atomic mass is 9.48. The summed E-state index contributed by atoms with van der Waals surface area (Å²) < 4.78 is 14.7. The molecule has 0 radical (unpaired) electrons. The zero-order valence-electron chi connectivity index (χ0n) is 18.0. The van der Waals surface area contributed by atoms with Crippen molar-refractivity contribution in [3.05, 3.63) is 23.3 Å². The Morgan fingerprint density at radius 2 is 1.69 bits per heavy atom. The van der Waals surface area contributed by atoms with E-state index in [4.69, 9.17) is 9.47 Å². The molecule has 3 heteroatoms. The predicted molar refractivity (Wildman–Crippen MR) is 115 cm³/mol. The molecule has 29 heavy (non-hydrogen) atoms. The van der Waals surface area contributed by atoms with E-state index in [1.54, 1.807) is 0 Å². The van der Waals surface area contributed by atoms with Gasteiger partial charge in [0.25, 0.3) is 6.73 Å². The zero-order valence-corrected chi connectivity index (χ0v) is 18.0. The van der Waals surface area contributed by atoms with Gasteiger partial charge in [0.1, 0.15) is 18.0 Å². The van der Waals surface area contributed by atoms with Crippen LogP contribution in [0.3, 0.4) is 0 Å². The van der Waals surface area contributed by atoms with Gasteiger partial charge >= 0.3 is 0 Å². The summed E-state index contributed by atoms with van der Waals surface area (Å²) in [7, 11) is 1.81. The Bertz CT molecular complexity index is 785. The molecule has 1 aliphatic heterocycles. The summed E-state index contributed by atoms with van der Waals surface area (Å²) in [6.07, 6.45) is 17.9. The normalized spacial score (nSPS) is 35.8. The number of ether oxygens (including phenoxy) is 2. The van der Waals surface area contributed by atoms with E-state index < -0.39 is 0 Å². The molecule has 0 N–H and O–H groups in total. The molecule has 0 amide bonds. The van der Waals surface area contributed by atoms with Crippen LogP contribution in [0.2, 0.25) is 0 Å². The molecule has 0 saturated heterocycles. The Hall–Kier alpha value is -1.51. The first-order valence-corrected chi connectivity index (χ1v) is 12.1. The van der Waals surface area contributed by atoms with Gasteiger partial charge in [-0.3, -0.25) is 0 Å². The van der Waals surface area contributed by atoms with Gasteiger partial charge in [-0.15, -0.1) is 0 Å². The molecule has 0 atom stereocenters. The van der Waals surface area contributed by atoms with E-state index in [-0.39, 0.29) is 0 Å². The average Bonchev–Trinajstić information content (AvgIpc) is 2.72. The van der Waals surface area contributed by atoms with E-state index in [9.17, 15) is 0 Å². The van der Waals surface area contributed by atoms with Crippen molar-refractivity contribution in [1.29, 1.82) is 0 Å². The van der Waals surface area contributed by atoms with Crippen LogP contribution in [0.15, 0.2) is 12.1 Å². The van der Waals surface area contributed by atoms with Gasteiger partial charge in [0.15, 0.2) is 6.21 Å². The van der Waals surface area contributed by atoms with Crippen LogP contribution in [0, 0.1) is 23.7 Å². The maximum atomic E-state index is 6.54. The van der Waals surface area contributed by atoms with Crippen molar-refractivity contribution in [3.8, 4) is 11.5 Å². The molecule has 1 aromatic rings. The van der Waals surface area contributed by atoms with Gasteiger partial charge in [-0.05, 0) is 86.7 Å². The highest BCUT2D eigenvalue weighted by molar-refractivity contribution is 5.83. The van der Waals surface area contributed by atoms with Crippen LogP contribution in [-0.2, 0) is 5.41 Å². The fourth-order valence-corrected chi connectivity index (χ4v) is 8.02. The molecule has 156 valence electrons. The van der Waals surface area contributed by atoms with E-state index in [0.29, 0.717) is 5.41 Å². The fourth-order valence-electron chi connectivity index (χ4n) is 8.02. The topological polar surface area (TPSA) is 21.5 Å². The first-order valence-electron chi connectivity index (χ1n) is 12.1. The van der Waals surface area contributed by atoms with Crippen LogP contribution in [-0.4, -0.2) is 31.2 Å². The van der Waals surface area contributed by atoms with Crippen LogP contribution in [0.25, 0.3) is 0 Å². The highest BCUT2D eigenvalue weighted by Crippen LogP contribution is 2.62. The van der Waals surface area contributed by atoms with Crippen molar-refractivity contribution in [3.63, 3.8) is 0 Å². The number of methoxy groups -OCH3 is 1. The van der Waals surface area contributed by atoms with E-state index in [2.05, 4.69) is 22.9 Å². The number of rotatable bonds is 4. The van der Waals surface area contributed by atoms with Crippen molar-refractivity contribution in [1.82, 2.24) is 0 Å². The van der Waals surface area contributed by atoms with Gasteiger partial charge < -0.3 is 9.47 Å². The number of fused-ring (bicyclic) bond motifs is 1. The highest BCUT2D eigenvalue weighted by Gasteiger charge is 2.53. The molecule has 5 aliphatic carbocycles. The lowest BCUT2D eigenvalue weighted by Gasteiger charge is -2.57. The molecule has 6 aliphatic rings. The number of hydrogen-bond donors (Lipinski definition) is 0. The van der Waals surface area contributed by atoms with Crippen LogP contribution in [0.5, 0.6) is 11.5 Å². The Morgan fingerprint density at radius 1 is 1.00 bits per heavy atom. The standard InChI is InChI=1S/C26H36NO2/c1-28-23-10-22-16-27(15-18-5-3-2-4-6-18)17-29-25(22)24(11-23)26-12-19-7-20(13-26)9-21(8-19)14-26/h10-11,16,18-21H,2-9,12-15,17H2,1H3/q+1. The summed E-state index contributed by atoms with van der Waals surface area (Å²) >= 11 is 0. The third-order valence-electron chi connectivity index (χ3n) is 8.85. The maximum absolute atomic E-state index is 6.54. The molecule has 0 spiro atoms. The molecule has 3 nitrogen and oxygen atoms in total. The van der Waals surface area contributed by atoms with Crippen molar-refractivity contribution < 1.29 is 14.0 Å². The van der Waals surface area contributed by atoms with E-state index in [1.807, 2.05) is 7.11 Å². The van der Waals surface area contributed by atoms with Crippen molar-refractivity contribution in [2.45, 2.75) is 76.0 Å². The third-order valence-corrected chi connectivity index (χ3v) is 8.85. The predicted octanol–water partition coefficient (Wildman–Crippen LogP) is 5.52. The van der Waals surface area contributed by atoms with Gasteiger partial charge in [0.2, 0.25) is 0 Å². The Balaban J connectivity index is 1.35. The van der Waals surface area contributed by atoms with E-state index >= 15 is 0 Å². The van der Waals surface area contributed by atoms with Gasteiger partial charge in [-0.25, -0.2) is 4.58 Å². The second-order valence-corrected chi connectivity index (χ2v) is 11.0. The minimum absolute atomic E-state index is 0.340. The SMILES string of the molecule is COc1cc2c(c(C34CC5CC(CC(C5)C3)C4)c1)OC[N+](CC1CCCCC1)=C2. The average molecular weight is 395 g/mol. The summed E-state index contributed by atoms with van der Waals surface area (Å²) in [5, 5.41) is 0. The number of hydrogen-bond acceptors (Lipinski definition) is 2. The largest absolute Gasteiger partial charge is 0.497 e. The second kappa shape index (κ2) is 7.03. The molecule has 5 fully saturated rings. The number of benzene rings is 1. The quantitative estimate of drug-likeness (QED) is 0.627. The molecule has 1 heterocycles. The van der Waals surface area contributed by atoms with Crippen LogP contribution in [0.1, 0.15) is 81.8 Å². The van der Waals surface area contributed by atoms with Gasteiger partial charge in [0, 0.05) is 11.5 Å². The lowest BCUT2D eigenvalue weighted by Crippen LogP contribution is -2.49. The molecule has 5 saturated carbocycles. The minimum Gasteiger partial charge on any atom is -0.497 e. The van der Waals surface area contributed by atoms with Crippen LogP contribution < -0.4 is 9.47 Å². The Kier molecular flexibility index (Phi) is 4.43. The van der Waals surface area contributed by atoms with Crippen LogP contribution >= 0.6 is 0 Å². The fraction of sp³-hybridized carbons (Fsp3) is 0.731. The van der Waals surface area contributed by atoms with E-state index in [0.717, 1.165) is 42.7 Å². The lowest BCUT2D eigenvalue weighted by molar-refractivity contribution is -0.563. The van der Waals surface area contributed by atoms with Gasteiger partial charge in [0.05, 0.1) is 12.7 Å². The van der Waals surface area contributed by atoms with Crippen molar-refractivity contribution in [2.75, 3.05) is 20.4 Å². The van der Waals surface area contributed by atoms with Crippen LogP contribution in [0.4, 0.5) is 0 Å². The van der Waals surface area contributed by atoms with Gasteiger partial charge in [-0.2, -0.15) is 0 Å². The Morgan fingerprint density at radius 3 is 2.34 bits per heavy atom. The van der Waals surface area contributed by atoms with Crippen molar-refractivity contribution in [2.24, 2.45) is 23.7 Å². The Labute approximate surface area is 175 Å². The third kappa shape index (κ3) is 3.20. The van der Waals surface area contributed by atoms with E-state index in [1.165, 1.54) is 87.5 Å². The summed E-state index contributed by atoms with van der Waals surface area (Å²) in [6, 6.07) is 4.53. The highest BCUT2D eigenvalue weighted by atomic mass is 16.5. The number of nitrogens with zero attached hydrogens (tertiary/aromatic N) is 1. The summed E-state index contributed by atoms with van der Waals surface area (Å²) in [6.45, 7) is 1.86. The maximum Gasteiger partial charge on any atom is 0.287 e. The summed E-state index contributed by atoms with van der Waals surface area (Å²) in [4.78, 5) is 0. The molecule has 0 unspecified atom stereocenters. The molecule has 4 bridgehead atoms. The summed E-state index contributed by atoms with van der Waals surface area (Å²) in [5.41, 5.74) is 3.06. The van der Waals surface area contributed by atoms with Crippen molar-refractivity contribution >= 4 is 6.21 Å². The molecule has 1 aromatic carbocycles. The monoisotopic (exact) mass is 394 g/mol. The molecule has 7 rings (SSSR count). The smallest absolute Gasteiger partial charge is 0.287 e. The minimum atomic E-state index is 0.340.